The molecular weight excluding hydrogens is 162 g/mol. The monoisotopic (exact) mass is 181 g/mol. The van der Waals surface area contributed by atoms with Crippen LogP contribution in [-0.2, 0) is 5.41 Å². The van der Waals surface area contributed by atoms with Crippen LogP contribution in [0.15, 0.2) is 6.20 Å². The Labute approximate surface area is 80.0 Å². The number of nitrogens with one attached hydrogen (secondary N) is 2. The number of hydrogen-bond donors (Lipinski definition) is 2. The van der Waals surface area contributed by atoms with Crippen LogP contribution in [0.1, 0.15) is 40.3 Å². The molecule has 0 amide bonds. The quantitative estimate of drug-likeness (QED) is 0.736. The van der Waals surface area contributed by atoms with E-state index in [0.717, 1.165) is 11.6 Å². The van der Waals surface area contributed by atoms with Crippen LogP contribution in [0.25, 0.3) is 0 Å². The van der Waals surface area contributed by atoms with E-state index in [9.17, 15) is 0 Å². The molecule has 0 radical (unpaired) electrons. The molecule has 0 atom stereocenters. The van der Waals surface area contributed by atoms with Gasteiger partial charge in [0, 0.05) is 17.7 Å². The summed E-state index contributed by atoms with van der Waals surface area (Å²) in [5, 5.41) is 3.23. The number of aromatic amines is 1. The van der Waals surface area contributed by atoms with Gasteiger partial charge in [-0.1, -0.05) is 20.8 Å². The van der Waals surface area contributed by atoms with Gasteiger partial charge in [-0.3, -0.25) is 0 Å². The molecule has 3 nitrogen and oxygen atoms in total. The average Bonchev–Trinajstić information content (AvgIpc) is 2.32. The molecule has 2 N–H and O–H groups in total. The van der Waals surface area contributed by atoms with E-state index in [0.29, 0.717) is 6.04 Å². The molecule has 0 saturated carbocycles. The summed E-state index contributed by atoms with van der Waals surface area (Å²) in [7, 11) is 0. The normalized spacial score (nSPS) is 12.2. The first-order valence-electron chi connectivity index (χ1n) is 4.72. The van der Waals surface area contributed by atoms with Crippen LogP contribution >= 0.6 is 0 Å². The molecule has 0 aliphatic carbocycles. The molecule has 0 fully saturated rings. The number of hydrogen-bond acceptors (Lipinski definition) is 2. The van der Waals surface area contributed by atoms with E-state index < -0.39 is 0 Å². The van der Waals surface area contributed by atoms with E-state index in [1.807, 2.05) is 6.20 Å². The van der Waals surface area contributed by atoms with Crippen molar-refractivity contribution in [1.29, 1.82) is 0 Å². The summed E-state index contributed by atoms with van der Waals surface area (Å²) in [5.74, 6) is 0.861. The maximum Gasteiger partial charge on any atom is 0.200 e. The number of aromatic nitrogens is 2. The number of imidazole rings is 1. The Balaban J connectivity index is 2.75. The minimum atomic E-state index is 0.118. The fourth-order valence-corrected chi connectivity index (χ4v) is 1.05. The van der Waals surface area contributed by atoms with Crippen molar-refractivity contribution in [2.24, 2.45) is 0 Å². The van der Waals surface area contributed by atoms with Gasteiger partial charge in [-0.2, -0.15) is 0 Å². The summed E-state index contributed by atoms with van der Waals surface area (Å²) >= 11 is 0. The van der Waals surface area contributed by atoms with Crippen LogP contribution in [-0.4, -0.2) is 16.0 Å². The van der Waals surface area contributed by atoms with Crippen molar-refractivity contribution in [3.63, 3.8) is 0 Å². The Morgan fingerprint density at radius 2 is 2.00 bits per heavy atom. The Kier molecular flexibility index (Phi) is 2.64. The summed E-state index contributed by atoms with van der Waals surface area (Å²) in [4.78, 5) is 7.58. The largest absolute Gasteiger partial charge is 0.354 e. The molecule has 1 aromatic heterocycles. The lowest BCUT2D eigenvalue weighted by Crippen LogP contribution is -2.13. The van der Waals surface area contributed by atoms with Crippen LogP contribution in [0.2, 0.25) is 0 Å². The van der Waals surface area contributed by atoms with Gasteiger partial charge < -0.3 is 10.3 Å². The summed E-state index contributed by atoms with van der Waals surface area (Å²) in [5.41, 5.74) is 1.21. The molecule has 1 rings (SSSR count). The van der Waals surface area contributed by atoms with Gasteiger partial charge in [-0.25, -0.2) is 4.98 Å². The number of rotatable bonds is 2. The minimum Gasteiger partial charge on any atom is -0.354 e. The standard InChI is InChI=1S/C10H19N3/c1-7(2)12-9-11-6-8(13-9)10(3,4)5/h6-7H,1-5H3,(H2,11,12,13). The molecule has 1 heterocycles. The lowest BCUT2D eigenvalue weighted by molar-refractivity contribution is 0.572. The molecule has 3 heteroatoms. The van der Waals surface area contributed by atoms with Gasteiger partial charge in [0.15, 0.2) is 0 Å². The summed E-state index contributed by atoms with van der Waals surface area (Å²) < 4.78 is 0. The fraction of sp³-hybridized carbons (Fsp3) is 0.700. The first kappa shape index (κ1) is 10.1. The van der Waals surface area contributed by atoms with Crippen molar-refractivity contribution in [3.05, 3.63) is 11.9 Å². The van der Waals surface area contributed by atoms with Gasteiger partial charge in [-0.05, 0) is 13.8 Å². The van der Waals surface area contributed by atoms with E-state index in [4.69, 9.17) is 0 Å². The fourth-order valence-electron chi connectivity index (χ4n) is 1.05. The maximum atomic E-state index is 4.46. The second-order valence-electron chi connectivity index (χ2n) is 4.68. The molecule has 0 aliphatic heterocycles. The highest BCUT2D eigenvalue weighted by atomic mass is 15.1. The molecule has 74 valence electrons. The SMILES string of the molecule is CC(C)Nc1nc(C(C)(C)C)c[nH]1. The van der Waals surface area contributed by atoms with E-state index in [2.05, 4.69) is 49.9 Å². The minimum absolute atomic E-state index is 0.118. The van der Waals surface area contributed by atoms with Crippen molar-refractivity contribution in [3.8, 4) is 0 Å². The van der Waals surface area contributed by atoms with Gasteiger partial charge in [0.05, 0.1) is 5.69 Å². The Bertz CT molecular complexity index is 268. The molecule has 0 bridgehead atoms. The first-order valence-corrected chi connectivity index (χ1v) is 4.72. The molecule has 13 heavy (non-hydrogen) atoms. The lowest BCUT2D eigenvalue weighted by Gasteiger charge is -2.14. The topological polar surface area (TPSA) is 40.7 Å². The van der Waals surface area contributed by atoms with Gasteiger partial charge in [0.2, 0.25) is 5.95 Å². The molecule has 0 saturated heterocycles. The van der Waals surface area contributed by atoms with Crippen LogP contribution in [0, 0.1) is 0 Å². The highest BCUT2D eigenvalue weighted by molar-refractivity contribution is 5.29. The van der Waals surface area contributed by atoms with Crippen LogP contribution in [0.4, 0.5) is 5.95 Å². The van der Waals surface area contributed by atoms with Crippen LogP contribution < -0.4 is 5.32 Å². The summed E-state index contributed by atoms with van der Waals surface area (Å²) in [6.45, 7) is 10.7. The lowest BCUT2D eigenvalue weighted by atomic mass is 9.93. The third-order valence-electron chi connectivity index (χ3n) is 1.77. The van der Waals surface area contributed by atoms with Crippen molar-refractivity contribution >= 4 is 5.95 Å². The van der Waals surface area contributed by atoms with Crippen LogP contribution in [0.5, 0.6) is 0 Å². The molecule has 0 aliphatic rings. The Morgan fingerprint density at radius 3 is 2.38 bits per heavy atom. The zero-order chi connectivity index (χ0) is 10.1. The van der Waals surface area contributed by atoms with Crippen molar-refractivity contribution in [1.82, 2.24) is 9.97 Å². The molecule has 0 aromatic carbocycles. The average molecular weight is 181 g/mol. The first-order chi connectivity index (χ1) is 5.89. The number of H-pyrrole nitrogens is 1. The third kappa shape index (κ3) is 2.76. The third-order valence-corrected chi connectivity index (χ3v) is 1.77. The molecular formula is C10H19N3. The van der Waals surface area contributed by atoms with Crippen molar-refractivity contribution in [2.75, 3.05) is 5.32 Å². The van der Waals surface area contributed by atoms with Gasteiger partial charge in [0.25, 0.3) is 0 Å². The summed E-state index contributed by atoms with van der Waals surface area (Å²) in [6, 6.07) is 0.416. The highest BCUT2D eigenvalue weighted by Gasteiger charge is 2.17. The second kappa shape index (κ2) is 3.40. The second-order valence-corrected chi connectivity index (χ2v) is 4.68. The number of anilines is 1. The molecule has 0 unspecified atom stereocenters. The van der Waals surface area contributed by atoms with Crippen molar-refractivity contribution in [2.45, 2.75) is 46.1 Å². The maximum absolute atomic E-state index is 4.46. The molecule has 1 aromatic rings. The number of nitrogens with zero attached hydrogens (tertiary/aromatic N) is 1. The predicted octanol–water partition coefficient (Wildman–Crippen LogP) is 2.53. The zero-order valence-corrected chi connectivity index (χ0v) is 9.10. The van der Waals surface area contributed by atoms with E-state index in [1.165, 1.54) is 0 Å². The predicted molar refractivity (Wildman–Crippen MR) is 56.0 cm³/mol. The van der Waals surface area contributed by atoms with Crippen LogP contribution in [0.3, 0.4) is 0 Å². The molecule has 0 spiro atoms. The Hall–Kier alpha value is -0.990. The summed E-state index contributed by atoms with van der Waals surface area (Å²) in [6.07, 6.45) is 1.96. The van der Waals surface area contributed by atoms with Gasteiger partial charge in [-0.15, -0.1) is 0 Å². The van der Waals surface area contributed by atoms with Crippen molar-refractivity contribution < 1.29 is 0 Å². The smallest absolute Gasteiger partial charge is 0.200 e. The Morgan fingerprint density at radius 1 is 1.38 bits per heavy atom. The highest BCUT2D eigenvalue weighted by Crippen LogP contribution is 2.20. The van der Waals surface area contributed by atoms with Gasteiger partial charge in [0.1, 0.15) is 0 Å². The van der Waals surface area contributed by atoms with E-state index >= 15 is 0 Å². The zero-order valence-electron chi connectivity index (χ0n) is 9.10. The van der Waals surface area contributed by atoms with Gasteiger partial charge >= 0.3 is 0 Å². The van der Waals surface area contributed by atoms with E-state index in [-0.39, 0.29) is 5.41 Å². The van der Waals surface area contributed by atoms with E-state index in [1.54, 1.807) is 0 Å².